The number of hydrogen-bond donors (Lipinski definition) is 1. The van der Waals surface area contributed by atoms with Gasteiger partial charge in [0, 0.05) is 6.54 Å². The monoisotopic (exact) mass is 318 g/mol. The molecule has 1 aliphatic heterocycles. The van der Waals surface area contributed by atoms with Gasteiger partial charge in [-0.05, 0) is 38.2 Å². The lowest BCUT2D eigenvalue weighted by Gasteiger charge is -2.11. The van der Waals surface area contributed by atoms with Gasteiger partial charge in [0.25, 0.3) is 0 Å². The molecule has 1 unspecified atom stereocenters. The molecule has 2 heterocycles. The number of aromatic nitrogens is 1. The lowest BCUT2D eigenvalue weighted by atomic mass is 10.2. The molecule has 1 saturated heterocycles. The number of aryl methyl sites for hydroxylation is 1. The fraction of sp³-hybridized carbons (Fsp3) is 0.667. The molecule has 112 valence electrons. The predicted molar refractivity (Wildman–Crippen MR) is 78.1 cm³/mol. The van der Waals surface area contributed by atoms with Crippen LogP contribution in [0, 0.1) is 6.92 Å². The van der Waals surface area contributed by atoms with Crippen molar-refractivity contribution in [2.75, 3.05) is 24.2 Å². The van der Waals surface area contributed by atoms with Gasteiger partial charge in [-0.1, -0.05) is 0 Å². The minimum Gasteiger partial charge on any atom is -0.462 e. The maximum Gasteiger partial charge on any atom is 0.343 e. The van der Waals surface area contributed by atoms with Crippen molar-refractivity contribution in [2.24, 2.45) is 0 Å². The number of rotatable bonds is 5. The van der Waals surface area contributed by atoms with Crippen molar-refractivity contribution in [3.63, 3.8) is 0 Å². The van der Waals surface area contributed by atoms with Gasteiger partial charge in [-0.3, -0.25) is 0 Å². The second kappa shape index (κ2) is 6.09. The Morgan fingerprint density at radius 1 is 1.55 bits per heavy atom. The first-order valence-electron chi connectivity index (χ1n) is 6.54. The Labute approximate surface area is 122 Å². The number of nitrogens with one attached hydrogen (secondary N) is 1. The zero-order valence-electron chi connectivity index (χ0n) is 11.5. The lowest BCUT2D eigenvalue weighted by molar-refractivity contribution is 0.0527. The molecule has 1 aliphatic rings. The Morgan fingerprint density at radius 3 is 2.90 bits per heavy atom. The third kappa shape index (κ3) is 3.12. The molecule has 8 heteroatoms. The largest absolute Gasteiger partial charge is 0.462 e. The summed E-state index contributed by atoms with van der Waals surface area (Å²) in [6.07, 6.45) is 1.38. The van der Waals surface area contributed by atoms with Crippen molar-refractivity contribution in [2.45, 2.75) is 31.9 Å². The van der Waals surface area contributed by atoms with Crippen LogP contribution in [0.5, 0.6) is 0 Å². The number of carbonyl (C=O) groups excluding carboxylic acids is 1. The van der Waals surface area contributed by atoms with Crippen molar-refractivity contribution < 1.29 is 17.9 Å². The third-order valence-corrected chi connectivity index (χ3v) is 6.47. The van der Waals surface area contributed by atoms with E-state index in [0.29, 0.717) is 42.3 Å². The van der Waals surface area contributed by atoms with Gasteiger partial charge in [0.15, 0.2) is 9.84 Å². The van der Waals surface area contributed by atoms with Crippen LogP contribution in [0.1, 0.15) is 35.8 Å². The van der Waals surface area contributed by atoms with E-state index in [1.165, 1.54) is 0 Å². The summed E-state index contributed by atoms with van der Waals surface area (Å²) in [4.78, 5) is 11.9. The van der Waals surface area contributed by atoms with E-state index < -0.39 is 15.8 Å². The van der Waals surface area contributed by atoms with Crippen LogP contribution in [0.2, 0.25) is 0 Å². The fourth-order valence-electron chi connectivity index (χ4n) is 2.23. The molecule has 0 aromatic carbocycles. The molecule has 1 atom stereocenters. The molecule has 2 rings (SSSR count). The van der Waals surface area contributed by atoms with Gasteiger partial charge >= 0.3 is 5.97 Å². The molecule has 20 heavy (non-hydrogen) atoms. The van der Waals surface area contributed by atoms with Crippen LogP contribution in [0.25, 0.3) is 0 Å². The maximum atomic E-state index is 11.9. The molecule has 1 N–H and O–H groups in total. The standard InChI is InChI=1S/C12H18N2O4S2/c1-3-18-12(15)10-8(2)14-19-11(10)13-7-9-5-4-6-20(9,16)17/h9,13H,3-7H2,1-2H3. The lowest BCUT2D eigenvalue weighted by Crippen LogP contribution is -2.25. The van der Waals surface area contributed by atoms with Crippen LogP contribution in [0.15, 0.2) is 0 Å². The second-order valence-corrected chi connectivity index (χ2v) is 7.88. The Bertz CT molecular complexity index is 595. The molecule has 0 aliphatic carbocycles. The molecule has 0 saturated carbocycles. The summed E-state index contributed by atoms with van der Waals surface area (Å²) in [5, 5.41) is 3.26. The van der Waals surface area contributed by atoms with E-state index in [9.17, 15) is 13.2 Å². The number of hydrogen-bond acceptors (Lipinski definition) is 7. The van der Waals surface area contributed by atoms with E-state index in [1.807, 2.05) is 0 Å². The smallest absolute Gasteiger partial charge is 0.343 e. The summed E-state index contributed by atoms with van der Waals surface area (Å²) in [6.45, 7) is 4.09. The van der Waals surface area contributed by atoms with Gasteiger partial charge in [0.2, 0.25) is 0 Å². The fourth-order valence-corrected chi connectivity index (χ4v) is 4.78. The maximum absolute atomic E-state index is 11.9. The zero-order chi connectivity index (χ0) is 14.8. The van der Waals surface area contributed by atoms with Gasteiger partial charge in [-0.2, -0.15) is 4.37 Å². The first-order valence-corrected chi connectivity index (χ1v) is 9.03. The molecule has 1 aromatic heterocycles. The molecular weight excluding hydrogens is 300 g/mol. The summed E-state index contributed by atoms with van der Waals surface area (Å²) in [5.41, 5.74) is 1.01. The summed E-state index contributed by atoms with van der Waals surface area (Å²) in [6, 6.07) is 0. The van der Waals surface area contributed by atoms with Crippen LogP contribution in [0.3, 0.4) is 0 Å². The van der Waals surface area contributed by atoms with Crippen molar-refractivity contribution >= 4 is 32.3 Å². The Balaban J connectivity index is 2.09. The molecule has 0 bridgehead atoms. The van der Waals surface area contributed by atoms with Crippen LogP contribution >= 0.6 is 11.5 Å². The highest BCUT2D eigenvalue weighted by Crippen LogP contribution is 2.27. The summed E-state index contributed by atoms with van der Waals surface area (Å²) in [7, 11) is -2.99. The highest BCUT2D eigenvalue weighted by atomic mass is 32.2. The SMILES string of the molecule is CCOC(=O)c1c(C)nsc1NCC1CCCS1(=O)=O. The van der Waals surface area contributed by atoms with E-state index in [4.69, 9.17) is 4.74 Å². The van der Waals surface area contributed by atoms with Gasteiger partial charge in [0.1, 0.15) is 10.6 Å². The van der Waals surface area contributed by atoms with Crippen molar-refractivity contribution in [3.05, 3.63) is 11.3 Å². The third-order valence-electron chi connectivity index (χ3n) is 3.30. The van der Waals surface area contributed by atoms with Gasteiger partial charge < -0.3 is 10.1 Å². The van der Waals surface area contributed by atoms with Crippen LogP contribution in [0.4, 0.5) is 5.00 Å². The highest BCUT2D eigenvalue weighted by molar-refractivity contribution is 7.92. The Morgan fingerprint density at radius 2 is 2.30 bits per heavy atom. The topological polar surface area (TPSA) is 85.4 Å². The van der Waals surface area contributed by atoms with E-state index >= 15 is 0 Å². The summed E-state index contributed by atoms with van der Waals surface area (Å²) >= 11 is 1.16. The van der Waals surface area contributed by atoms with Gasteiger partial charge in [-0.25, -0.2) is 13.2 Å². The molecule has 6 nitrogen and oxygen atoms in total. The Kier molecular flexibility index (Phi) is 4.64. The molecule has 0 radical (unpaired) electrons. The van der Waals surface area contributed by atoms with E-state index in [-0.39, 0.29) is 11.0 Å². The quantitative estimate of drug-likeness (QED) is 0.830. The molecule has 0 spiro atoms. The Hall–Kier alpha value is -1.15. The predicted octanol–water partition coefficient (Wildman–Crippen LogP) is 1.62. The summed E-state index contributed by atoms with van der Waals surface area (Å²) in [5.74, 6) is -0.165. The minimum atomic E-state index is -2.99. The second-order valence-electron chi connectivity index (χ2n) is 4.70. The molecule has 0 amide bonds. The van der Waals surface area contributed by atoms with E-state index in [1.54, 1.807) is 13.8 Å². The normalized spacial score (nSPS) is 20.8. The highest BCUT2D eigenvalue weighted by Gasteiger charge is 2.31. The first kappa shape index (κ1) is 15.2. The van der Waals surface area contributed by atoms with Gasteiger partial charge in [0.05, 0.1) is 23.3 Å². The van der Waals surface area contributed by atoms with E-state index in [2.05, 4.69) is 9.69 Å². The van der Waals surface area contributed by atoms with Crippen molar-refractivity contribution in [1.82, 2.24) is 4.37 Å². The molecule has 1 fully saturated rings. The van der Waals surface area contributed by atoms with Crippen molar-refractivity contribution in [3.8, 4) is 0 Å². The van der Waals surface area contributed by atoms with E-state index in [0.717, 1.165) is 11.5 Å². The first-order chi connectivity index (χ1) is 9.45. The minimum absolute atomic E-state index is 0.256. The zero-order valence-corrected chi connectivity index (χ0v) is 13.1. The summed E-state index contributed by atoms with van der Waals surface area (Å²) < 4.78 is 32.7. The van der Waals surface area contributed by atoms with Crippen LogP contribution in [-0.4, -0.2) is 42.9 Å². The van der Waals surface area contributed by atoms with Crippen LogP contribution < -0.4 is 5.32 Å². The number of anilines is 1. The number of ether oxygens (including phenoxy) is 1. The van der Waals surface area contributed by atoms with Crippen molar-refractivity contribution in [1.29, 1.82) is 0 Å². The number of carbonyl (C=O) groups is 1. The average molecular weight is 318 g/mol. The molecular formula is C12H18N2O4S2. The van der Waals surface area contributed by atoms with Crippen LogP contribution in [-0.2, 0) is 14.6 Å². The number of esters is 1. The number of sulfone groups is 1. The number of nitrogens with zero attached hydrogens (tertiary/aromatic N) is 1. The average Bonchev–Trinajstić information content (AvgIpc) is 2.90. The van der Waals surface area contributed by atoms with Gasteiger partial charge in [-0.15, -0.1) is 0 Å². The molecule has 1 aromatic rings.